The van der Waals surface area contributed by atoms with E-state index in [1.54, 1.807) is 0 Å². The number of benzene rings is 1. The number of hydrogen-bond donors (Lipinski definition) is 0. The quantitative estimate of drug-likeness (QED) is 0.696. The van der Waals surface area contributed by atoms with E-state index >= 15 is 0 Å². The van der Waals surface area contributed by atoms with Gasteiger partial charge >= 0.3 is 0 Å². The first-order chi connectivity index (χ1) is 7.61. The number of rotatable bonds is 4. The molecule has 1 nitrogen and oxygen atoms in total. The molecule has 0 bridgehead atoms. The average Bonchev–Trinajstić information content (AvgIpc) is 2.96. The second kappa shape index (κ2) is 4.58. The van der Waals surface area contributed by atoms with Crippen LogP contribution >= 0.6 is 0 Å². The van der Waals surface area contributed by atoms with Gasteiger partial charge in [-0.3, -0.25) is 0 Å². The molecule has 1 aromatic carbocycles. The SMILES string of the molecule is CCC1OC1CC(C)c1ccc(C)cc1C. The molecule has 2 rings (SSSR count). The molecule has 3 atom stereocenters. The summed E-state index contributed by atoms with van der Waals surface area (Å²) in [4.78, 5) is 0. The Morgan fingerprint density at radius 2 is 2.00 bits per heavy atom. The second-order valence-corrected chi connectivity index (χ2v) is 5.12. The van der Waals surface area contributed by atoms with Gasteiger partial charge in [0.1, 0.15) is 0 Å². The molecule has 3 unspecified atom stereocenters. The maximum atomic E-state index is 5.62. The normalized spacial score (nSPS) is 25.5. The molecule has 0 radical (unpaired) electrons. The van der Waals surface area contributed by atoms with Crippen molar-refractivity contribution in [3.05, 3.63) is 34.9 Å². The van der Waals surface area contributed by atoms with E-state index in [0.717, 1.165) is 6.42 Å². The lowest BCUT2D eigenvalue weighted by Gasteiger charge is -2.14. The van der Waals surface area contributed by atoms with Gasteiger partial charge in [-0.1, -0.05) is 37.6 Å². The van der Waals surface area contributed by atoms with E-state index in [9.17, 15) is 0 Å². The first-order valence-electron chi connectivity index (χ1n) is 6.34. The Bertz CT molecular complexity index is 370. The summed E-state index contributed by atoms with van der Waals surface area (Å²) in [5.74, 6) is 0.613. The molecule has 0 saturated carbocycles. The van der Waals surface area contributed by atoms with Crippen molar-refractivity contribution >= 4 is 0 Å². The first kappa shape index (κ1) is 11.7. The van der Waals surface area contributed by atoms with Crippen molar-refractivity contribution in [3.63, 3.8) is 0 Å². The van der Waals surface area contributed by atoms with Gasteiger partial charge in [0.25, 0.3) is 0 Å². The monoisotopic (exact) mass is 218 g/mol. The average molecular weight is 218 g/mol. The van der Waals surface area contributed by atoms with Gasteiger partial charge < -0.3 is 4.74 Å². The molecule has 1 saturated heterocycles. The highest BCUT2D eigenvalue weighted by Gasteiger charge is 2.37. The molecule has 1 fully saturated rings. The zero-order valence-electron chi connectivity index (χ0n) is 10.8. The van der Waals surface area contributed by atoms with Crippen LogP contribution in [0.25, 0.3) is 0 Å². The summed E-state index contributed by atoms with van der Waals surface area (Å²) < 4.78 is 5.62. The van der Waals surface area contributed by atoms with Crippen LogP contribution in [0.15, 0.2) is 18.2 Å². The zero-order chi connectivity index (χ0) is 11.7. The fraction of sp³-hybridized carbons (Fsp3) is 0.600. The third kappa shape index (κ3) is 2.46. The van der Waals surface area contributed by atoms with E-state index in [2.05, 4.69) is 45.9 Å². The van der Waals surface area contributed by atoms with Crippen molar-refractivity contribution in [2.24, 2.45) is 0 Å². The molecule has 0 N–H and O–H groups in total. The van der Waals surface area contributed by atoms with Crippen LogP contribution in [0.1, 0.15) is 49.3 Å². The topological polar surface area (TPSA) is 12.5 Å². The van der Waals surface area contributed by atoms with E-state index in [0.29, 0.717) is 18.1 Å². The molecule has 1 heteroatoms. The van der Waals surface area contributed by atoms with Gasteiger partial charge in [-0.2, -0.15) is 0 Å². The molecule has 0 spiro atoms. The van der Waals surface area contributed by atoms with Gasteiger partial charge in [0.05, 0.1) is 12.2 Å². The fourth-order valence-corrected chi connectivity index (χ4v) is 2.60. The van der Waals surface area contributed by atoms with Crippen molar-refractivity contribution in [2.75, 3.05) is 0 Å². The van der Waals surface area contributed by atoms with E-state index in [1.165, 1.54) is 23.1 Å². The van der Waals surface area contributed by atoms with Crippen molar-refractivity contribution in [3.8, 4) is 0 Å². The van der Waals surface area contributed by atoms with Crippen LogP contribution in [0.2, 0.25) is 0 Å². The van der Waals surface area contributed by atoms with Gasteiger partial charge in [-0.05, 0) is 43.7 Å². The van der Waals surface area contributed by atoms with Crippen LogP contribution in [0.5, 0.6) is 0 Å². The van der Waals surface area contributed by atoms with Crippen molar-refractivity contribution in [2.45, 2.75) is 58.7 Å². The lowest BCUT2D eigenvalue weighted by molar-refractivity contribution is 0.353. The Balaban J connectivity index is 2.01. The Morgan fingerprint density at radius 3 is 2.56 bits per heavy atom. The molecule has 1 aromatic rings. The van der Waals surface area contributed by atoms with Crippen LogP contribution in [0.3, 0.4) is 0 Å². The predicted octanol–water partition coefficient (Wildman–Crippen LogP) is 3.97. The summed E-state index contributed by atoms with van der Waals surface area (Å²) in [6.45, 7) is 8.88. The first-order valence-corrected chi connectivity index (χ1v) is 6.34. The van der Waals surface area contributed by atoms with Gasteiger partial charge in [0.2, 0.25) is 0 Å². The molecular weight excluding hydrogens is 196 g/mol. The van der Waals surface area contributed by atoms with Crippen molar-refractivity contribution in [1.29, 1.82) is 0 Å². The summed E-state index contributed by atoms with van der Waals surface area (Å²) in [6.07, 6.45) is 3.38. The molecule has 1 aliphatic rings. The highest BCUT2D eigenvalue weighted by Crippen LogP contribution is 2.35. The maximum Gasteiger partial charge on any atom is 0.0847 e. The smallest absolute Gasteiger partial charge is 0.0847 e. The summed E-state index contributed by atoms with van der Waals surface area (Å²) in [5.41, 5.74) is 4.25. The molecule has 0 aliphatic carbocycles. The molecular formula is C15H22O. The number of hydrogen-bond acceptors (Lipinski definition) is 1. The number of aryl methyl sites for hydroxylation is 2. The van der Waals surface area contributed by atoms with Crippen LogP contribution < -0.4 is 0 Å². The Hall–Kier alpha value is -0.820. The minimum absolute atomic E-state index is 0.515. The minimum Gasteiger partial charge on any atom is -0.370 e. The predicted molar refractivity (Wildman–Crippen MR) is 67.9 cm³/mol. The second-order valence-electron chi connectivity index (χ2n) is 5.12. The van der Waals surface area contributed by atoms with Crippen LogP contribution in [-0.4, -0.2) is 12.2 Å². The summed E-state index contributed by atoms with van der Waals surface area (Å²) >= 11 is 0. The largest absolute Gasteiger partial charge is 0.370 e. The lowest BCUT2D eigenvalue weighted by Crippen LogP contribution is -2.03. The standard InChI is InChI=1S/C15H22O/c1-5-14-15(16-14)9-12(4)13-7-6-10(2)8-11(13)3/h6-8,12,14-15H,5,9H2,1-4H3. The summed E-state index contributed by atoms with van der Waals surface area (Å²) in [5, 5.41) is 0. The minimum atomic E-state index is 0.515. The third-order valence-electron chi connectivity index (χ3n) is 3.63. The van der Waals surface area contributed by atoms with E-state index in [-0.39, 0.29) is 0 Å². The molecule has 0 amide bonds. The Labute approximate surface area is 98.8 Å². The molecule has 1 heterocycles. The molecule has 88 valence electrons. The Kier molecular flexibility index (Phi) is 3.34. The van der Waals surface area contributed by atoms with Crippen LogP contribution in [0.4, 0.5) is 0 Å². The van der Waals surface area contributed by atoms with Gasteiger partial charge in [0, 0.05) is 0 Å². The summed E-state index contributed by atoms with van der Waals surface area (Å²) in [6, 6.07) is 6.76. The van der Waals surface area contributed by atoms with Crippen molar-refractivity contribution in [1.82, 2.24) is 0 Å². The van der Waals surface area contributed by atoms with E-state index in [4.69, 9.17) is 4.74 Å². The molecule has 0 aromatic heterocycles. The highest BCUT2D eigenvalue weighted by atomic mass is 16.6. The van der Waals surface area contributed by atoms with Gasteiger partial charge in [0.15, 0.2) is 0 Å². The lowest BCUT2D eigenvalue weighted by atomic mass is 9.91. The highest BCUT2D eigenvalue weighted by molar-refractivity contribution is 5.33. The van der Waals surface area contributed by atoms with Crippen LogP contribution in [0, 0.1) is 13.8 Å². The Morgan fingerprint density at radius 1 is 1.25 bits per heavy atom. The third-order valence-corrected chi connectivity index (χ3v) is 3.63. The number of ether oxygens (including phenoxy) is 1. The molecule has 1 aliphatic heterocycles. The van der Waals surface area contributed by atoms with E-state index < -0.39 is 0 Å². The fourth-order valence-electron chi connectivity index (χ4n) is 2.60. The zero-order valence-corrected chi connectivity index (χ0v) is 10.8. The van der Waals surface area contributed by atoms with E-state index in [1.807, 2.05) is 0 Å². The summed E-state index contributed by atoms with van der Waals surface area (Å²) in [7, 11) is 0. The van der Waals surface area contributed by atoms with Gasteiger partial charge in [-0.15, -0.1) is 0 Å². The molecule has 16 heavy (non-hydrogen) atoms. The van der Waals surface area contributed by atoms with Crippen molar-refractivity contribution < 1.29 is 4.74 Å². The maximum absolute atomic E-state index is 5.62. The number of epoxide rings is 1. The van der Waals surface area contributed by atoms with Gasteiger partial charge in [-0.25, -0.2) is 0 Å². The van der Waals surface area contributed by atoms with Crippen LogP contribution in [-0.2, 0) is 4.74 Å².